The summed E-state index contributed by atoms with van der Waals surface area (Å²) in [5, 5.41) is 8.83. The lowest BCUT2D eigenvalue weighted by Crippen LogP contribution is -2.39. The highest BCUT2D eigenvalue weighted by Crippen LogP contribution is 2.26. The molecule has 1 aromatic rings. The highest BCUT2D eigenvalue weighted by atomic mass is 32.1. The molecule has 0 unspecified atom stereocenters. The minimum atomic E-state index is -0.612. The first kappa shape index (κ1) is 21.7. The summed E-state index contributed by atoms with van der Waals surface area (Å²) in [7, 11) is 1.68. The lowest BCUT2D eigenvalue weighted by atomic mass is 10.2. The number of carbonyl (C=O) groups is 2. The van der Waals surface area contributed by atoms with Gasteiger partial charge in [0.2, 0.25) is 0 Å². The van der Waals surface area contributed by atoms with E-state index in [2.05, 4.69) is 16.0 Å². The normalized spacial score (nSPS) is 16.4. The Bertz CT molecular complexity index is 754. The van der Waals surface area contributed by atoms with Crippen LogP contribution in [0.4, 0.5) is 20.6 Å². The zero-order valence-corrected chi connectivity index (χ0v) is 17.1. The fourth-order valence-electron chi connectivity index (χ4n) is 2.49. The molecule has 1 amide bonds. The molecule has 0 radical (unpaired) electrons. The average Bonchev–Trinajstić information content (AvgIpc) is 2.97. The van der Waals surface area contributed by atoms with Gasteiger partial charge in [-0.1, -0.05) is 0 Å². The summed E-state index contributed by atoms with van der Waals surface area (Å²) in [6.07, 6.45) is -0.970. The van der Waals surface area contributed by atoms with E-state index in [4.69, 9.17) is 21.7 Å². The van der Waals surface area contributed by atoms with Crippen molar-refractivity contribution in [2.45, 2.75) is 32.5 Å². The summed E-state index contributed by atoms with van der Waals surface area (Å²) < 4.78 is 24.8. The second-order valence-electron chi connectivity index (χ2n) is 7.18. The summed E-state index contributed by atoms with van der Waals surface area (Å²) in [5.41, 5.74) is -0.108. The molecule has 154 valence electrons. The van der Waals surface area contributed by atoms with Crippen LogP contribution in [0.25, 0.3) is 0 Å². The van der Waals surface area contributed by atoms with E-state index < -0.39 is 29.6 Å². The van der Waals surface area contributed by atoms with Crippen LogP contribution in [0.3, 0.4) is 0 Å². The van der Waals surface area contributed by atoms with Gasteiger partial charge in [0.1, 0.15) is 24.1 Å². The first-order valence-corrected chi connectivity index (χ1v) is 9.19. The number of anilines is 2. The Morgan fingerprint density at radius 2 is 2.14 bits per heavy atom. The third-order valence-electron chi connectivity index (χ3n) is 3.70. The zero-order chi connectivity index (χ0) is 20.9. The summed E-state index contributed by atoms with van der Waals surface area (Å²) in [6.45, 7) is 5.71. The summed E-state index contributed by atoms with van der Waals surface area (Å²) in [5.74, 6) is -1.08. The average molecular weight is 412 g/mol. The quantitative estimate of drug-likeness (QED) is 0.483. The number of halogens is 1. The van der Waals surface area contributed by atoms with Gasteiger partial charge in [0.25, 0.3) is 0 Å². The van der Waals surface area contributed by atoms with Crippen molar-refractivity contribution in [3.05, 3.63) is 24.0 Å². The Morgan fingerprint density at radius 1 is 1.43 bits per heavy atom. The van der Waals surface area contributed by atoms with Crippen molar-refractivity contribution in [3.63, 3.8) is 0 Å². The van der Waals surface area contributed by atoms with Crippen LogP contribution in [-0.4, -0.2) is 55.6 Å². The summed E-state index contributed by atoms with van der Waals surface area (Å²) in [6, 6.07) is 4.26. The number of cyclic esters (lactones) is 1. The fourth-order valence-corrected chi connectivity index (χ4v) is 2.58. The first-order valence-electron chi connectivity index (χ1n) is 8.78. The van der Waals surface area contributed by atoms with Crippen LogP contribution in [0.1, 0.15) is 20.8 Å². The maximum absolute atomic E-state index is 14.4. The standard InChI is InChI=1S/C18H25FN4O4S/c1-18(2,3)27-15(24)9-21-14-6-5-11(7-13(14)19)23-10-12(26-17(23)25)8-22-16(28)20-4/h5-7,12,21H,8-10H2,1-4H3,(H2,20,22,28)/t12-/m0/s1. The van der Waals surface area contributed by atoms with E-state index in [0.717, 1.165) is 0 Å². The summed E-state index contributed by atoms with van der Waals surface area (Å²) in [4.78, 5) is 25.1. The highest BCUT2D eigenvalue weighted by Gasteiger charge is 2.32. The van der Waals surface area contributed by atoms with Crippen LogP contribution in [0.5, 0.6) is 0 Å². The van der Waals surface area contributed by atoms with Gasteiger partial charge in [-0.2, -0.15) is 0 Å². The van der Waals surface area contributed by atoms with Gasteiger partial charge < -0.3 is 25.4 Å². The predicted molar refractivity (Wildman–Crippen MR) is 108 cm³/mol. The van der Waals surface area contributed by atoms with E-state index in [-0.39, 0.29) is 18.8 Å². The Balaban J connectivity index is 1.95. The maximum Gasteiger partial charge on any atom is 0.414 e. The van der Waals surface area contributed by atoms with E-state index in [1.807, 2.05) is 0 Å². The fraction of sp³-hybridized carbons (Fsp3) is 0.500. The summed E-state index contributed by atoms with van der Waals surface area (Å²) >= 11 is 4.98. The van der Waals surface area contributed by atoms with E-state index in [1.165, 1.54) is 17.0 Å². The van der Waals surface area contributed by atoms with E-state index >= 15 is 0 Å². The Hall–Kier alpha value is -2.62. The van der Waals surface area contributed by atoms with Crippen LogP contribution >= 0.6 is 12.2 Å². The van der Waals surface area contributed by atoms with Crippen LogP contribution in [0.2, 0.25) is 0 Å². The molecule has 1 aliphatic rings. The van der Waals surface area contributed by atoms with Crippen molar-refractivity contribution in [2.24, 2.45) is 0 Å². The molecule has 8 nitrogen and oxygen atoms in total. The smallest absolute Gasteiger partial charge is 0.414 e. The highest BCUT2D eigenvalue weighted by molar-refractivity contribution is 7.80. The van der Waals surface area contributed by atoms with Gasteiger partial charge in [-0.25, -0.2) is 9.18 Å². The number of benzene rings is 1. The third-order valence-corrected chi connectivity index (χ3v) is 4.05. The molecular formula is C18H25FN4O4S. The van der Waals surface area contributed by atoms with E-state index in [0.29, 0.717) is 17.3 Å². The van der Waals surface area contributed by atoms with Crippen molar-refractivity contribution < 1.29 is 23.5 Å². The van der Waals surface area contributed by atoms with Gasteiger partial charge in [-0.3, -0.25) is 9.69 Å². The van der Waals surface area contributed by atoms with E-state index in [1.54, 1.807) is 33.9 Å². The van der Waals surface area contributed by atoms with Gasteiger partial charge in [0.05, 0.1) is 24.5 Å². The topological polar surface area (TPSA) is 91.9 Å². The van der Waals surface area contributed by atoms with E-state index in [9.17, 15) is 14.0 Å². The SMILES string of the molecule is CNC(=S)NC[C@H]1CN(c2ccc(NCC(=O)OC(C)(C)C)c(F)c2)C(=O)O1. The van der Waals surface area contributed by atoms with Crippen LogP contribution < -0.4 is 20.9 Å². The molecule has 1 atom stereocenters. The molecule has 2 rings (SSSR count). The molecule has 10 heteroatoms. The number of thiocarbonyl (C=S) groups is 1. The molecule has 3 N–H and O–H groups in total. The number of ether oxygens (including phenoxy) is 2. The molecule has 1 aliphatic heterocycles. The zero-order valence-electron chi connectivity index (χ0n) is 16.3. The number of carbonyl (C=O) groups excluding carboxylic acids is 2. The molecule has 1 aromatic carbocycles. The van der Waals surface area contributed by atoms with Gasteiger partial charge >= 0.3 is 12.1 Å². The number of nitrogens with one attached hydrogen (secondary N) is 3. The van der Waals surface area contributed by atoms with Crippen molar-refractivity contribution in [1.29, 1.82) is 0 Å². The molecule has 1 fully saturated rings. The van der Waals surface area contributed by atoms with Gasteiger partial charge in [0, 0.05) is 7.05 Å². The molecule has 0 spiro atoms. The predicted octanol–water partition coefficient (Wildman–Crippen LogP) is 2.00. The van der Waals surface area contributed by atoms with Gasteiger partial charge in [-0.15, -0.1) is 0 Å². The number of hydrogen-bond acceptors (Lipinski definition) is 6. The number of nitrogens with zero attached hydrogens (tertiary/aromatic N) is 1. The van der Waals surface area contributed by atoms with Crippen molar-refractivity contribution in [3.8, 4) is 0 Å². The number of amides is 1. The molecule has 0 saturated carbocycles. The molecule has 28 heavy (non-hydrogen) atoms. The lowest BCUT2D eigenvalue weighted by molar-refractivity contribution is -0.152. The van der Waals surface area contributed by atoms with Crippen LogP contribution in [0.15, 0.2) is 18.2 Å². The monoisotopic (exact) mass is 412 g/mol. The molecule has 0 aromatic heterocycles. The van der Waals surface area contributed by atoms with Crippen molar-refractivity contribution in [2.75, 3.05) is 36.9 Å². The van der Waals surface area contributed by atoms with Gasteiger partial charge in [0.15, 0.2) is 5.11 Å². The Morgan fingerprint density at radius 3 is 2.75 bits per heavy atom. The number of rotatable bonds is 6. The molecule has 0 aliphatic carbocycles. The Labute approximate surface area is 168 Å². The van der Waals surface area contributed by atoms with Crippen molar-refractivity contribution in [1.82, 2.24) is 10.6 Å². The van der Waals surface area contributed by atoms with Crippen LogP contribution in [0, 0.1) is 5.82 Å². The van der Waals surface area contributed by atoms with Crippen LogP contribution in [-0.2, 0) is 14.3 Å². The molecule has 0 bridgehead atoms. The largest absolute Gasteiger partial charge is 0.459 e. The second kappa shape index (κ2) is 9.05. The third kappa shape index (κ3) is 6.22. The first-order chi connectivity index (χ1) is 13.1. The maximum atomic E-state index is 14.4. The van der Waals surface area contributed by atoms with Gasteiger partial charge in [-0.05, 0) is 51.2 Å². The molecular weight excluding hydrogens is 387 g/mol. The number of hydrogen-bond donors (Lipinski definition) is 3. The second-order valence-corrected chi connectivity index (χ2v) is 7.59. The molecule has 1 saturated heterocycles. The minimum absolute atomic E-state index is 0.139. The lowest BCUT2D eigenvalue weighted by Gasteiger charge is -2.20. The minimum Gasteiger partial charge on any atom is -0.459 e. The Kier molecular flexibility index (Phi) is 7.00. The van der Waals surface area contributed by atoms with Crippen molar-refractivity contribution >= 4 is 40.8 Å². The molecule has 1 heterocycles. The number of esters is 1.